The van der Waals surface area contributed by atoms with Gasteiger partial charge in [0.05, 0.1) is 17.1 Å². The third kappa shape index (κ3) is 6.10. The Labute approximate surface area is 213 Å². The highest BCUT2D eigenvalue weighted by molar-refractivity contribution is 5.99. The minimum Gasteiger partial charge on any atom is -0.457 e. The molecule has 0 saturated carbocycles. The van der Waals surface area contributed by atoms with E-state index in [1.54, 1.807) is 16.8 Å². The van der Waals surface area contributed by atoms with Crippen LogP contribution in [-0.4, -0.2) is 33.8 Å². The van der Waals surface area contributed by atoms with Gasteiger partial charge < -0.3 is 15.4 Å². The largest absolute Gasteiger partial charge is 0.457 e. The van der Waals surface area contributed by atoms with Crippen molar-refractivity contribution in [2.24, 2.45) is 0 Å². The maximum absolute atomic E-state index is 14.8. The van der Waals surface area contributed by atoms with Crippen LogP contribution in [-0.2, 0) is 5.41 Å². The van der Waals surface area contributed by atoms with Crippen molar-refractivity contribution in [1.82, 2.24) is 20.1 Å². The van der Waals surface area contributed by atoms with E-state index in [0.717, 1.165) is 17.4 Å². The number of para-hydroxylation sites is 1. The molecule has 2 aromatic carbocycles. The van der Waals surface area contributed by atoms with Crippen LogP contribution in [0.15, 0.2) is 72.9 Å². The molecule has 10 heteroatoms. The zero-order chi connectivity index (χ0) is 26.6. The molecular formula is C27H27FN6O3. The number of benzene rings is 2. The number of pyridine rings is 1. The van der Waals surface area contributed by atoms with Gasteiger partial charge >= 0.3 is 6.03 Å². The Hall–Kier alpha value is -4.73. The number of nitrogens with one attached hydrogen (secondary N) is 3. The molecule has 0 saturated heterocycles. The highest BCUT2D eigenvalue weighted by atomic mass is 19.1. The summed E-state index contributed by atoms with van der Waals surface area (Å²) < 4.78 is 22.1. The molecular weight excluding hydrogens is 475 g/mol. The average Bonchev–Trinajstić information content (AvgIpc) is 3.30. The summed E-state index contributed by atoms with van der Waals surface area (Å²) in [4.78, 5) is 28.5. The van der Waals surface area contributed by atoms with Crippen molar-refractivity contribution < 1.29 is 18.7 Å². The number of amides is 3. The molecule has 2 heterocycles. The summed E-state index contributed by atoms with van der Waals surface area (Å²) in [5.74, 6) is -0.117. The van der Waals surface area contributed by atoms with Gasteiger partial charge in [0, 0.05) is 36.9 Å². The Bertz CT molecular complexity index is 1430. The highest BCUT2D eigenvalue weighted by Crippen LogP contribution is 2.28. The van der Waals surface area contributed by atoms with Crippen molar-refractivity contribution in [1.29, 1.82) is 0 Å². The first-order valence-electron chi connectivity index (χ1n) is 11.5. The molecule has 0 spiro atoms. The standard InChI is InChI=1S/C27H27FN6O3/c1-27(2,3)23-16-24(34(33-23)17-8-6-5-7-9-17)32-26(36)31-21-11-10-18(14-20(21)28)37-19-12-13-30-22(15-19)25(35)29-4/h5-16H,1-4H3,(H,29,35)(H2,31,32,36). The van der Waals surface area contributed by atoms with Gasteiger partial charge in [0.15, 0.2) is 0 Å². The van der Waals surface area contributed by atoms with Gasteiger partial charge in [-0.05, 0) is 30.3 Å². The first-order valence-corrected chi connectivity index (χ1v) is 11.5. The maximum atomic E-state index is 14.8. The van der Waals surface area contributed by atoms with Crippen LogP contribution >= 0.6 is 0 Å². The summed E-state index contributed by atoms with van der Waals surface area (Å²) in [6, 6.07) is 17.6. The molecule has 4 aromatic rings. The molecule has 0 aliphatic carbocycles. The molecule has 0 atom stereocenters. The zero-order valence-corrected chi connectivity index (χ0v) is 20.9. The highest BCUT2D eigenvalue weighted by Gasteiger charge is 2.22. The monoisotopic (exact) mass is 502 g/mol. The van der Waals surface area contributed by atoms with Gasteiger partial charge in [0.25, 0.3) is 5.91 Å². The number of rotatable bonds is 6. The van der Waals surface area contributed by atoms with Crippen LogP contribution in [0.5, 0.6) is 11.5 Å². The first kappa shape index (κ1) is 25.4. The molecule has 0 fully saturated rings. The van der Waals surface area contributed by atoms with Crippen LogP contribution in [0.4, 0.5) is 20.7 Å². The Morgan fingerprint density at radius 1 is 0.946 bits per heavy atom. The topological polar surface area (TPSA) is 110 Å². The third-order valence-electron chi connectivity index (χ3n) is 5.34. The fourth-order valence-electron chi connectivity index (χ4n) is 3.40. The summed E-state index contributed by atoms with van der Waals surface area (Å²) in [6.07, 6.45) is 1.42. The summed E-state index contributed by atoms with van der Waals surface area (Å²) in [5.41, 5.74) is 1.45. The molecule has 0 unspecified atom stereocenters. The van der Waals surface area contributed by atoms with Crippen molar-refractivity contribution >= 4 is 23.4 Å². The first-order chi connectivity index (χ1) is 17.6. The normalized spacial score (nSPS) is 11.1. The SMILES string of the molecule is CNC(=O)c1cc(Oc2ccc(NC(=O)Nc3cc(C(C)(C)C)nn3-c3ccccc3)c(F)c2)ccn1. The summed E-state index contributed by atoms with van der Waals surface area (Å²) >= 11 is 0. The second-order valence-electron chi connectivity index (χ2n) is 9.19. The van der Waals surface area contributed by atoms with Crippen LogP contribution in [0.25, 0.3) is 5.69 Å². The molecule has 0 bridgehead atoms. The number of hydrogen-bond acceptors (Lipinski definition) is 5. The van der Waals surface area contributed by atoms with E-state index in [1.165, 1.54) is 31.4 Å². The molecule has 190 valence electrons. The molecule has 0 aliphatic heterocycles. The lowest BCUT2D eigenvalue weighted by atomic mass is 9.92. The lowest BCUT2D eigenvalue weighted by Crippen LogP contribution is -2.22. The number of aromatic nitrogens is 3. The summed E-state index contributed by atoms with van der Waals surface area (Å²) in [7, 11) is 1.49. The van der Waals surface area contributed by atoms with Crippen LogP contribution in [0.3, 0.4) is 0 Å². The molecule has 9 nitrogen and oxygen atoms in total. The van der Waals surface area contributed by atoms with Crippen LogP contribution < -0.4 is 20.7 Å². The van der Waals surface area contributed by atoms with Gasteiger partial charge in [-0.15, -0.1) is 0 Å². The van der Waals surface area contributed by atoms with E-state index in [1.807, 2.05) is 51.1 Å². The Morgan fingerprint density at radius 2 is 1.68 bits per heavy atom. The van der Waals surface area contributed by atoms with E-state index in [0.29, 0.717) is 11.6 Å². The molecule has 0 aliphatic rings. The number of nitrogens with zero attached hydrogens (tertiary/aromatic N) is 3. The maximum Gasteiger partial charge on any atom is 0.324 e. The van der Waals surface area contributed by atoms with Gasteiger partial charge in [-0.25, -0.2) is 13.9 Å². The number of carbonyl (C=O) groups excluding carboxylic acids is 2. The number of ether oxygens (including phenoxy) is 1. The Kier molecular flexibility index (Phi) is 7.19. The number of halogens is 1. The van der Waals surface area contributed by atoms with Gasteiger partial charge in [-0.3, -0.25) is 15.1 Å². The molecule has 3 amide bonds. The van der Waals surface area contributed by atoms with Crippen molar-refractivity contribution in [2.75, 3.05) is 17.7 Å². The fourth-order valence-corrected chi connectivity index (χ4v) is 3.40. The lowest BCUT2D eigenvalue weighted by Gasteiger charge is -2.14. The van der Waals surface area contributed by atoms with Crippen molar-refractivity contribution in [2.45, 2.75) is 26.2 Å². The van der Waals surface area contributed by atoms with E-state index in [2.05, 4.69) is 26.0 Å². The number of anilines is 2. The molecule has 37 heavy (non-hydrogen) atoms. The zero-order valence-electron chi connectivity index (χ0n) is 20.9. The smallest absolute Gasteiger partial charge is 0.324 e. The van der Waals surface area contributed by atoms with Crippen LogP contribution in [0.1, 0.15) is 37.0 Å². The van der Waals surface area contributed by atoms with E-state index >= 15 is 0 Å². The quantitative estimate of drug-likeness (QED) is 0.323. The number of hydrogen-bond donors (Lipinski definition) is 3. The van der Waals surface area contributed by atoms with Crippen molar-refractivity contribution in [3.05, 3.63) is 90.1 Å². The summed E-state index contributed by atoms with van der Waals surface area (Å²) in [5, 5.41) is 12.4. The third-order valence-corrected chi connectivity index (χ3v) is 5.34. The fraction of sp³-hybridized carbons (Fsp3) is 0.185. The number of carbonyl (C=O) groups is 2. The predicted molar refractivity (Wildman–Crippen MR) is 139 cm³/mol. The second kappa shape index (κ2) is 10.5. The molecule has 3 N–H and O–H groups in total. The predicted octanol–water partition coefficient (Wildman–Crippen LogP) is 5.50. The van der Waals surface area contributed by atoms with Crippen molar-refractivity contribution in [3.63, 3.8) is 0 Å². The van der Waals surface area contributed by atoms with Gasteiger partial charge in [0.1, 0.15) is 28.8 Å². The number of urea groups is 1. The van der Waals surface area contributed by atoms with Gasteiger partial charge in [-0.2, -0.15) is 5.10 Å². The molecule has 0 radical (unpaired) electrons. The average molecular weight is 503 g/mol. The Morgan fingerprint density at radius 3 is 2.35 bits per heavy atom. The van der Waals surface area contributed by atoms with Gasteiger partial charge in [-0.1, -0.05) is 39.0 Å². The Balaban J connectivity index is 1.49. The van der Waals surface area contributed by atoms with Crippen LogP contribution in [0.2, 0.25) is 0 Å². The minimum absolute atomic E-state index is 0.0348. The van der Waals surface area contributed by atoms with E-state index in [9.17, 15) is 14.0 Å². The van der Waals surface area contributed by atoms with Crippen LogP contribution in [0, 0.1) is 5.82 Å². The summed E-state index contributed by atoms with van der Waals surface area (Å²) in [6.45, 7) is 6.08. The van der Waals surface area contributed by atoms with Crippen molar-refractivity contribution in [3.8, 4) is 17.2 Å². The van der Waals surface area contributed by atoms with E-state index < -0.39 is 11.8 Å². The second-order valence-corrected chi connectivity index (χ2v) is 9.19. The molecule has 2 aromatic heterocycles. The minimum atomic E-state index is -0.694. The molecule has 4 rings (SSSR count). The van der Waals surface area contributed by atoms with E-state index in [4.69, 9.17) is 4.74 Å². The van der Waals surface area contributed by atoms with E-state index in [-0.39, 0.29) is 28.5 Å². The lowest BCUT2D eigenvalue weighted by molar-refractivity contribution is 0.0957. The van der Waals surface area contributed by atoms with Gasteiger partial charge in [0.2, 0.25) is 0 Å².